The van der Waals surface area contributed by atoms with E-state index in [0.717, 1.165) is 12.8 Å². The number of nitrogens with one attached hydrogen (secondary N) is 1. The summed E-state index contributed by atoms with van der Waals surface area (Å²) in [6.45, 7) is 2.18. The molecule has 1 rings (SSSR count). The lowest BCUT2D eigenvalue weighted by molar-refractivity contribution is 0.463. The normalized spacial score (nSPS) is 40.5. The Bertz CT molecular complexity index is 108. The highest BCUT2D eigenvalue weighted by molar-refractivity contribution is 6.13. The minimum atomic E-state index is 0.362. The standard InChI is InChI=1S/C7H15ClN2/c1-2-5-3-6(10-8)4-7(5)9/h5-7,10H,2-4,9H2,1H3/t5-,6?,7+/m1/s1. The molecule has 3 heteroatoms. The van der Waals surface area contributed by atoms with E-state index in [1.165, 1.54) is 6.42 Å². The Morgan fingerprint density at radius 2 is 2.30 bits per heavy atom. The highest BCUT2D eigenvalue weighted by Gasteiger charge is 2.29. The van der Waals surface area contributed by atoms with Crippen molar-refractivity contribution in [2.24, 2.45) is 11.7 Å². The third kappa shape index (κ3) is 1.62. The molecule has 1 fully saturated rings. The summed E-state index contributed by atoms with van der Waals surface area (Å²) in [6.07, 6.45) is 3.35. The van der Waals surface area contributed by atoms with Gasteiger partial charge in [-0.25, -0.2) is 4.84 Å². The van der Waals surface area contributed by atoms with Crippen LogP contribution in [0.25, 0.3) is 0 Å². The van der Waals surface area contributed by atoms with Crippen LogP contribution in [0.4, 0.5) is 0 Å². The van der Waals surface area contributed by atoms with Crippen molar-refractivity contribution in [1.29, 1.82) is 0 Å². The van der Waals surface area contributed by atoms with Crippen LogP contribution in [0.1, 0.15) is 26.2 Å². The summed E-state index contributed by atoms with van der Waals surface area (Å²) in [4.78, 5) is 2.75. The summed E-state index contributed by atoms with van der Waals surface area (Å²) in [5, 5.41) is 0. The van der Waals surface area contributed by atoms with Crippen LogP contribution in [-0.2, 0) is 0 Å². The van der Waals surface area contributed by atoms with E-state index < -0.39 is 0 Å². The number of halogens is 1. The molecule has 3 atom stereocenters. The molecule has 0 aromatic rings. The van der Waals surface area contributed by atoms with Crippen molar-refractivity contribution in [2.75, 3.05) is 0 Å². The Kier molecular flexibility index (Phi) is 2.96. The van der Waals surface area contributed by atoms with E-state index in [1.54, 1.807) is 0 Å². The summed E-state index contributed by atoms with van der Waals surface area (Å²) in [7, 11) is 0. The molecule has 0 bridgehead atoms. The zero-order valence-corrected chi connectivity index (χ0v) is 7.06. The topological polar surface area (TPSA) is 38.0 Å². The molecule has 10 heavy (non-hydrogen) atoms. The summed E-state index contributed by atoms with van der Waals surface area (Å²) < 4.78 is 0. The van der Waals surface area contributed by atoms with Crippen LogP contribution in [0.2, 0.25) is 0 Å². The van der Waals surface area contributed by atoms with Gasteiger partial charge >= 0.3 is 0 Å². The first-order valence-corrected chi connectivity index (χ1v) is 4.27. The minimum Gasteiger partial charge on any atom is -0.327 e. The van der Waals surface area contributed by atoms with Crippen molar-refractivity contribution in [1.82, 2.24) is 4.84 Å². The Morgan fingerprint density at radius 3 is 2.60 bits per heavy atom. The summed E-state index contributed by atoms with van der Waals surface area (Å²) in [5.74, 6) is 0.677. The molecule has 3 N–H and O–H groups in total. The second kappa shape index (κ2) is 3.56. The van der Waals surface area contributed by atoms with Gasteiger partial charge in [-0.3, -0.25) is 0 Å². The molecule has 1 aliphatic rings. The molecule has 0 aromatic heterocycles. The van der Waals surface area contributed by atoms with Gasteiger partial charge in [0.15, 0.2) is 0 Å². The third-order valence-electron chi connectivity index (χ3n) is 2.43. The van der Waals surface area contributed by atoms with Gasteiger partial charge in [0.1, 0.15) is 0 Å². The smallest absolute Gasteiger partial charge is 0.0239 e. The van der Waals surface area contributed by atoms with Crippen LogP contribution in [0.3, 0.4) is 0 Å². The molecule has 2 nitrogen and oxygen atoms in total. The zero-order valence-electron chi connectivity index (χ0n) is 6.31. The molecule has 0 radical (unpaired) electrons. The average molecular weight is 163 g/mol. The Hall–Kier alpha value is 0.210. The third-order valence-corrected chi connectivity index (χ3v) is 2.74. The predicted molar refractivity (Wildman–Crippen MR) is 43.8 cm³/mol. The van der Waals surface area contributed by atoms with Crippen LogP contribution < -0.4 is 10.6 Å². The van der Waals surface area contributed by atoms with Gasteiger partial charge in [0, 0.05) is 12.1 Å². The second-order valence-corrected chi connectivity index (χ2v) is 3.33. The number of rotatable bonds is 2. The van der Waals surface area contributed by atoms with Crippen molar-refractivity contribution >= 4 is 11.8 Å². The second-order valence-electron chi connectivity index (χ2n) is 3.11. The average Bonchev–Trinajstić information content (AvgIpc) is 2.30. The predicted octanol–water partition coefficient (Wildman–Crippen LogP) is 1.25. The van der Waals surface area contributed by atoms with E-state index in [9.17, 15) is 0 Å². The Labute approximate surface area is 67.2 Å². The highest BCUT2D eigenvalue weighted by Crippen LogP contribution is 2.27. The number of nitrogens with two attached hydrogens (primary N) is 1. The van der Waals surface area contributed by atoms with Crippen molar-refractivity contribution in [3.63, 3.8) is 0 Å². The van der Waals surface area contributed by atoms with Crippen LogP contribution >= 0.6 is 11.8 Å². The zero-order chi connectivity index (χ0) is 7.56. The largest absolute Gasteiger partial charge is 0.327 e. The molecule has 0 amide bonds. The number of hydrogen-bond acceptors (Lipinski definition) is 2. The summed E-state index contributed by atoms with van der Waals surface area (Å²) in [6, 6.07) is 0.808. The van der Waals surface area contributed by atoms with E-state index in [4.69, 9.17) is 17.5 Å². The van der Waals surface area contributed by atoms with Crippen LogP contribution in [-0.4, -0.2) is 12.1 Å². The molecule has 0 aliphatic heterocycles. The van der Waals surface area contributed by atoms with Gasteiger partial charge in [0.05, 0.1) is 0 Å². The molecular weight excluding hydrogens is 148 g/mol. The fraction of sp³-hybridized carbons (Fsp3) is 1.00. The van der Waals surface area contributed by atoms with Crippen molar-refractivity contribution in [3.8, 4) is 0 Å². The van der Waals surface area contributed by atoms with Crippen LogP contribution in [0.5, 0.6) is 0 Å². The summed E-state index contributed by atoms with van der Waals surface area (Å²) in [5.41, 5.74) is 5.86. The van der Waals surface area contributed by atoms with Crippen molar-refractivity contribution in [2.45, 2.75) is 38.3 Å². The summed E-state index contributed by atoms with van der Waals surface area (Å²) >= 11 is 5.49. The molecule has 0 spiro atoms. The van der Waals surface area contributed by atoms with E-state index >= 15 is 0 Å². The monoisotopic (exact) mass is 162 g/mol. The van der Waals surface area contributed by atoms with Gasteiger partial charge in [0.25, 0.3) is 0 Å². The Morgan fingerprint density at radius 1 is 1.60 bits per heavy atom. The molecule has 0 aromatic carbocycles. The lowest BCUT2D eigenvalue weighted by Gasteiger charge is -2.10. The fourth-order valence-electron chi connectivity index (χ4n) is 1.72. The maximum absolute atomic E-state index is 5.86. The maximum atomic E-state index is 5.86. The van der Waals surface area contributed by atoms with Gasteiger partial charge in [0.2, 0.25) is 0 Å². The first-order chi connectivity index (χ1) is 4.77. The molecule has 1 aliphatic carbocycles. The van der Waals surface area contributed by atoms with E-state index in [0.29, 0.717) is 18.0 Å². The molecule has 60 valence electrons. The Balaban J connectivity index is 2.36. The first-order valence-electron chi connectivity index (χ1n) is 3.89. The number of hydrogen-bond donors (Lipinski definition) is 2. The van der Waals surface area contributed by atoms with Gasteiger partial charge in [-0.1, -0.05) is 13.3 Å². The van der Waals surface area contributed by atoms with Gasteiger partial charge in [-0.2, -0.15) is 0 Å². The fourth-order valence-corrected chi connectivity index (χ4v) is 1.89. The van der Waals surface area contributed by atoms with E-state index in [1.807, 2.05) is 0 Å². The van der Waals surface area contributed by atoms with Crippen LogP contribution in [0.15, 0.2) is 0 Å². The lowest BCUT2D eigenvalue weighted by atomic mass is 10.0. The molecule has 1 unspecified atom stereocenters. The maximum Gasteiger partial charge on any atom is 0.0239 e. The molecular formula is C7H15ClN2. The van der Waals surface area contributed by atoms with Gasteiger partial charge in [-0.05, 0) is 30.5 Å². The van der Waals surface area contributed by atoms with E-state index in [2.05, 4.69) is 11.8 Å². The molecule has 0 heterocycles. The lowest BCUT2D eigenvalue weighted by Crippen LogP contribution is -2.24. The van der Waals surface area contributed by atoms with Crippen molar-refractivity contribution in [3.05, 3.63) is 0 Å². The SMILES string of the molecule is CC[C@@H]1CC(NCl)C[C@@H]1N. The van der Waals surface area contributed by atoms with Gasteiger partial charge in [-0.15, -0.1) is 0 Å². The quantitative estimate of drug-likeness (QED) is 0.600. The van der Waals surface area contributed by atoms with Gasteiger partial charge < -0.3 is 5.73 Å². The van der Waals surface area contributed by atoms with Crippen molar-refractivity contribution < 1.29 is 0 Å². The highest BCUT2D eigenvalue weighted by atomic mass is 35.5. The first kappa shape index (κ1) is 8.31. The van der Waals surface area contributed by atoms with Crippen LogP contribution in [0, 0.1) is 5.92 Å². The van der Waals surface area contributed by atoms with E-state index in [-0.39, 0.29) is 0 Å². The molecule has 1 saturated carbocycles. The molecule has 0 saturated heterocycles. The minimum absolute atomic E-state index is 0.362.